The van der Waals surface area contributed by atoms with E-state index in [1.165, 1.54) is 21.9 Å². The first-order valence-corrected chi connectivity index (χ1v) is 12.2. The van der Waals surface area contributed by atoms with Crippen molar-refractivity contribution in [2.24, 2.45) is 0 Å². The van der Waals surface area contributed by atoms with E-state index >= 15 is 0 Å². The molecule has 7 rings (SSSR count). The van der Waals surface area contributed by atoms with E-state index in [-0.39, 0.29) is 0 Å². The number of fused-ring (bicyclic) bond motifs is 5. The van der Waals surface area contributed by atoms with Gasteiger partial charge in [-0.25, -0.2) is 0 Å². The number of nitrogens with zero attached hydrogens (tertiary/aromatic N) is 2. The summed E-state index contributed by atoms with van der Waals surface area (Å²) in [7, 11) is 0. The topological polar surface area (TPSA) is 49.8 Å². The summed E-state index contributed by atoms with van der Waals surface area (Å²) in [5, 5.41) is 13.9. The van der Waals surface area contributed by atoms with Crippen LogP contribution in [0, 0.1) is 11.3 Å². The first kappa shape index (κ1) is 21.1. The van der Waals surface area contributed by atoms with Crippen molar-refractivity contribution in [3.63, 3.8) is 0 Å². The zero-order valence-electron chi connectivity index (χ0n) is 19.8. The number of benzene rings is 5. The quantitative estimate of drug-likeness (QED) is 0.258. The van der Waals surface area contributed by atoms with Gasteiger partial charge in [-0.1, -0.05) is 78.9 Å². The lowest BCUT2D eigenvalue weighted by Gasteiger charge is -2.08. The lowest BCUT2D eigenvalue weighted by Crippen LogP contribution is -1.85. The second-order valence-electron chi connectivity index (χ2n) is 9.18. The Labute approximate surface area is 213 Å². The minimum absolute atomic E-state index is 0.550. The lowest BCUT2D eigenvalue weighted by atomic mass is 9.94. The fourth-order valence-corrected chi connectivity index (χ4v) is 5.21. The highest BCUT2D eigenvalue weighted by atomic mass is 16.3. The number of hydrogen-bond donors (Lipinski definition) is 0. The van der Waals surface area contributed by atoms with Gasteiger partial charge in [-0.3, -0.25) is 4.98 Å². The van der Waals surface area contributed by atoms with E-state index in [0.717, 1.165) is 44.2 Å². The maximum Gasteiger partial charge on any atom is 0.136 e. The fraction of sp³-hybridized carbons (Fsp3) is 0. The Kier molecular flexibility index (Phi) is 4.84. The van der Waals surface area contributed by atoms with Gasteiger partial charge in [0.1, 0.15) is 17.2 Å². The average molecular weight is 473 g/mol. The fourth-order valence-electron chi connectivity index (χ4n) is 5.21. The molecule has 37 heavy (non-hydrogen) atoms. The molecular formula is C34H20N2O. The highest BCUT2D eigenvalue weighted by Gasteiger charge is 2.15. The number of furan rings is 1. The molecule has 0 saturated heterocycles. The Hall–Kier alpha value is -5.20. The SMILES string of the molecule is N#Cc1cncc(-c2cccc(-c3ccc4c(c3)oc3cc(-c5ccccc5)c5ccccc5c34)c2)c1. The Morgan fingerprint density at radius 3 is 2.11 bits per heavy atom. The zero-order chi connectivity index (χ0) is 24.8. The summed E-state index contributed by atoms with van der Waals surface area (Å²) in [6.07, 6.45) is 3.37. The van der Waals surface area contributed by atoms with Crippen LogP contribution in [0.3, 0.4) is 0 Å². The zero-order valence-corrected chi connectivity index (χ0v) is 19.8. The molecule has 0 radical (unpaired) electrons. The molecule has 0 bridgehead atoms. The average Bonchev–Trinajstić information content (AvgIpc) is 3.35. The van der Waals surface area contributed by atoms with Gasteiger partial charge >= 0.3 is 0 Å². The summed E-state index contributed by atoms with van der Waals surface area (Å²) in [5.74, 6) is 0. The number of pyridine rings is 1. The monoisotopic (exact) mass is 472 g/mol. The molecule has 7 aromatic rings. The molecule has 0 fully saturated rings. The van der Waals surface area contributed by atoms with E-state index in [4.69, 9.17) is 4.42 Å². The predicted octanol–water partition coefficient (Wildman–Crippen LogP) is 9.01. The van der Waals surface area contributed by atoms with Crippen LogP contribution in [-0.4, -0.2) is 4.98 Å². The van der Waals surface area contributed by atoms with Crippen LogP contribution in [0.15, 0.2) is 126 Å². The van der Waals surface area contributed by atoms with Crippen molar-refractivity contribution in [1.82, 2.24) is 4.98 Å². The van der Waals surface area contributed by atoms with Crippen molar-refractivity contribution in [3.05, 3.63) is 127 Å². The number of rotatable bonds is 3. The molecule has 0 saturated carbocycles. The van der Waals surface area contributed by atoms with Crippen LogP contribution in [-0.2, 0) is 0 Å². The number of nitriles is 1. The smallest absolute Gasteiger partial charge is 0.136 e. The molecule has 2 aromatic heterocycles. The molecule has 0 atom stereocenters. The van der Waals surface area contributed by atoms with Crippen LogP contribution < -0.4 is 0 Å². The molecule has 0 spiro atoms. The summed E-state index contributed by atoms with van der Waals surface area (Å²) >= 11 is 0. The van der Waals surface area contributed by atoms with Gasteiger partial charge in [-0.05, 0) is 68.9 Å². The van der Waals surface area contributed by atoms with Crippen LogP contribution in [0.1, 0.15) is 5.56 Å². The molecule has 0 aliphatic carbocycles. The van der Waals surface area contributed by atoms with E-state index in [1.807, 2.05) is 24.3 Å². The molecule has 3 heteroatoms. The highest BCUT2D eigenvalue weighted by molar-refractivity contribution is 6.22. The van der Waals surface area contributed by atoms with E-state index in [1.54, 1.807) is 12.4 Å². The summed E-state index contributed by atoms with van der Waals surface area (Å²) in [6, 6.07) is 39.9. The maximum atomic E-state index is 9.25. The van der Waals surface area contributed by atoms with Crippen molar-refractivity contribution < 1.29 is 4.42 Å². The van der Waals surface area contributed by atoms with Gasteiger partial charge in [-0.2, -0.15) is 5.26 Å². The predicted molar refractivity (Wildman–Crippen MR) is 150 cm³/mol. The molecule has 0 N–H and O–H groups in total. The molecule has 3 nitrogen and oxygen atoms in total. The second kappa shape index (κ2) is 8.48. The molecule has 5 aromatic carbocycles. The van der Waals surface area contributed by atoms with Gasteiger partial charge in [0.2, 0.25) is 0 Å². The van der Waals surface area contributed by atoms with E-state index in [2.05, 4.69) is 96.0 Å². The van der Waals surface area contributed by atoms with Gasteiger partial charge < -0.3 is 4.42 Å². The minimum Gasteiger partial charge on any atom is -0.456 e. The summed E-state index contributed by atoms with van der Waals surface area (Å²) in [5.41, 5.74) is 8.74. The highest BCUT2D eigenvalue weighted by Crippen LogP contribution is 2.41. The summed E-state index contributed by atoms with van der Waals surface area (Å²) < 4.78 is 6.48. The summed E-state index contributed by atoms with van der Waals surface area (Å²) in [6.45, 7) is 0. The molecule has 0 amide bonds. The molecule has 172 valence electrons. The Morgan fingerprint density at radius 1 is 0.541 bits per heavy atom. The van der Waals surface area contributed by atoms with Gasteiger partial charge in [-0.15, -0.1) is 0 Å². The van der Waals surface area contributed by atoms with Gasteiger partial charge in [0.25, 0.3) is 0 Å². The van der Waals surface area contributed by atoms with Crippen molar-refractivity contribution in [2.75, 3.05) is 0 Å². The Bertz CT molecular complexity index is 1990. The lowest BCUT2D eigenvalue weighted by molar-refractivity contribution is 0.669. The van der Waals surface area contributed by atoms with Crippen LogP contribution in [0.25, 0.3) is 66.1 Å². The van der Waals surface area contributed by atoms with Gasteiger partial charge in [0.05, 0.1) is 5.56 Å². The van der Waals surface area contributed by atoms with Crippen LogP contribution in [0.5, 0.6) is 0 Å². The molecular weight excluding hydrogens is 452 g/mol. The van der Waals surface area contributed by atoms with Crippen molar-refractivity contribution in [1.29, 1.82) is 5.26 Å². The first-order chi connectivity index (χ1) is 18.3. The summed E-state index contributed by atoms with van der Waals surface area (Å²) in [4.78, 5) is 4.22. The van der Waals surface area contributed by atoms with Crippen LogP contribution >= 0.6 is 0 Å². The van der Waals surface area contributed by atoms with Crippen molar-refractivity contribution >= 4 is 32.7 Å². The van der Waals surface area contributed by atoms with Crippen LogP contribution in [0.4, 0.5) is 0 Å². The maximum absolute atomic E-state index is 9.25. The normalized spacial score (nSPS) is 11.2. The molecule has 0 unspecified atom stereocenters. The van der Waals surface area contributed by atoms with Gasteiger partial charge in [0.15, 0.2) is 0 Å². The van der Waals surface area contributed by atoms with Gasteiger partial charge in [0, 0.05) is 28.7 Å². The van der Waals surface area contributed by atoms with E-state index in [0.29, 0.717) is 5.56 Å². The van der Waals surface area contributed by atoms with Crippen molar-refractivity contribution in [2.45, 2.75) is 0 Å². The third-order valence-electron chi connectivity index (χ3n) is 6.96. The number of hydrogen-bond acceptors (Lipinski definition) is 3. The Balaban J connectivity index is 1.40. The second-order valence-corrected chi connectivity index (χ2v) is 9.18. The molecule has 2 heterocycles. The largest absolute Gasteiger partial charge is 0.456 e. The first-order valence-electron chi connectivity index (χ1n) is 12.2. The minimum atomic E-state index is 0.550. The molecule has 0 aliphatic heterocycles. The standard InChI is InChI=1S/C34H20N2O/c35-19-22-15-27(21-36-20-22)25-10-6-9-24(16-25)26-13-14-30-32(17-26)37-33-18-31(23-7-2-1-3-8-23)28-11-4-5-12-29(28)34(30)33/h1-18,20-21H. The third-order valence-corrected chi connectivity index (χ3v) is 6.96. The number of aromatic nitrogens is 1. The van der Waals surface area contributed by atoms with Crippen molar-refractivity contribution in [3.8, 4) is 39.4 Å². The van der Waals surface area contributed by atoms with E-state index in [9.17, 15) is 5.26 Å². The van der Waals surface area contributed by atoms with Crippen LogP contribution in [0.2, 0.25) is 0 Å². The van der Waals surface area contributed by atoms with E-state index < -0.39 is 0 Å². The Morgan fingerprint density at radius 2 is 1.27 bits per heavy atom. The third kappa shape index (κ3) is 3.55. The molecule has 0 aliphatic rings.